The number of benzene rings is 2. The minimum Gasteiger partial charge on any atom is -0.398 e. The van der Waals surface area contributed by atoms with Gasteiger partial charge in [-0.05, 0) is 45.3 Å². The Morgan fingerprint density at radius 3 is 2.58 bits per heavy atom. The number of nitrogen functional groups attached to an aromatic ring is 1. The molecule has 0 aliphatic carbocycles. The van der Waals surface area contributed by atoms with E-state index in [1.54, 1.807) is 0 Å². The Morgan fingerprint density at radius 1 is 1.16 bits per heavy atom. The van der Waals surface area contributed by atoms with Gasteiger partial charge in [0.1, 0.15) is 0 Å². The number of rotatable bonds is 4. The third kappa shape index (κ3) is 4.06. The maximum Gasteiger partial charge on any atom is 0.0503 e. The zero-order valence-corrected chi connectivity index (χ0v) is 13.3. The SMILES string of the molecule is Nc1cc(CS(=O)Cc2ccccc2Cl)ccc1Br. The second kappa shape index (κ2) is 6.55. The first kappa shape index (κ1) is 14.6. The zero-order valence-electron chi connectivity index (χ0n) is 10.1. The Bertz CT molecular complexity index is 618. The van der Waals surface area contributed by atoms with Gasteiger partial charge >= 0.3 is 0 Å². The second-order valence-electron chi connectivity index (χ2n) is 4.18. The molecule has 2 aromatic carbocycles. The molecule has 2 rings (SSSR count). The number of anilines is 1. The molecule has 1 atom stereocenters. The van der Waals surface area contributed by atoms with E-state index in [0.29, 0.717) is 22.2 Å². The molecule has 0 aliphatic rings. The van der Waals surface area contributed by atoms with Gasteiger partial charge in [-0.2, -0.15) is 0 Å². The first-order chi connectivity index (χ1) is 9.06. The fourth-order valence-corrected chi connectivity index (χ4v) is 3.49. The van der Waals surface area contributed by atoms with Gasteiger partial charge in [0.05, 0.1) is 5.75 Å². The molecule has 0 heterocycles. The standard InChI is InChI=1S/C14H13BrClNOS/c15-12-6-5-10(7-14(12)17)8-19(18)9-11-3-1-2-4-13(11)16/h1-7H,8-9,17H2. The van der Waals surface area contributed by atoms with Crippen LogP contribution in [0.4, 0.5) is 5.69 Å². The van der Waals surface area contributed by atoms with Crippen LogP contribution < -0.4 is 5.73 Å². The number of hydrogen-bond acceptors (Lipinski definition) is 2. The monoisotopic (exact) mass is 357 g/mol. The van der Waals surface area contributed by atoms with Gasteiger partial charge in [0.15, 0.2) is 0 Å². The Kier molecular flexibility index (Phi) is 5.02. The maximum atomic E-state index is 12.1. The molecule has 0 spiro atoms. The van der Waals surface area contributed by atoms with Crippen LogP contribution in [0.15, 0.2) is 46.9 Å². The van der Waals surface area contributed by atoms with E-state index >= 15 is 0 Å². The summed E-state index contributed by atoms with van der Waals surface area (Å²) in [4.78, 5) is 0. The molecule has 5 heteroatoms. The Labute approximate surface area is 128 Å². The molecule has 0 radical (unpaired) electrons. The minimum atomic E-state index is -1.00. The van der Waals surface area contributed by atoms with E-state index in [9.17, 15) is 4.21 Å². The van der Waals surface area contributed by atoms with E-state index < -0.39 is 10.8 Å². The molecule has 0 saturated carbocycles. The topological polar surface area (TPSA) is 43.1 Å². The Morgan fingerprint density at radius 2 is 1.89 bits per heavy atom. The van der Waals surface area contributed by atoms with Crippen molar-refractivity contribution in [3.8, 4) is 0 Å². The molecule has 0 fully saturated rings. The van der Waals surface area contributed by atoms with Crippen molar-refractivity contribution in [2.45, 2.75) is 11.5 Å². The Balaban J connectivity index is 2.05. The molecule has 100 valence electrons. The van der Waals surface area contributed by atoms with Crippen molar-refractivity contribution in [2.24, 2.45) is 0 Å². The van der Waals surface area contributed by atoms with Gasteiger partial charge in [0.2, 0.25) is 0 Å². The van der Waals surface area contributed by atoms with E-state index in [4.69, 9.17) is 17.3 Å². The van der Waals surface area contributed by atoms with Gasteiger partial charge in [0.25, 0.3) is 0 Å². The molecule has 0 aromatic heterocycles. The van der Waals surface area contributed by atoms with Crippen molar-refractivity contribution in [3.05, 3.63) is 63.1 Å². The molecule has 0 bridgehead atoms. The molecule has 0 amide bonds. The fraction of sp³-hybridized carbons (Fsp3) is 0.143. The third-order valence-electron chi connectivity index (χ3n) is 2.66. The van der Waals surface area contributed by atoms with Gasteiger partial charge in [-0.1, -0.05) is 35.9 Å². The highest BCUT2D eigenvalue weighted by Gasteiger charge is 2.07. The van der Waals surface area contributed by atoms with E-state index in [0.717, 1.165) is 15.6 Å². The summed E-state index contributed by atoms with van der Waals surface area (Å²) >= 11 is 9.40. The van der Waals surface area contributed by atoms with E-state index in [2.05, 4.69) is 15.9 Å². The molecule has 0 aliphatic heterocycles. The van der Waals surface area contributed by atoms with Crippen LogP contribution in [-0.4, -0.2) is 4.21 Å². The summed E-state index contributed by atoms with van der Waals surface area (Å²) in [6, 6.07) is 13.1. The van der Waals surface area contributed by atoms with Crippen LogP contribution >= 0.6 is 27.5 Å². The molecule has 2 N–H and O–H groups in total. The summed E-state index contributed by atoms with van der Waals surface area (Å²) in [6.45, 7) is 0. The first-order valence-electron chi connectivity index (χ1n) is 5.68. The summed E-state index contributed by atoms with van der Waals surface area (Å²) in [5, 5.41) is 0.658. The van der Waals surface area contributed by atoms with Crippen LogP contribution in [-0.2, 0) is 22.3 Å². The molecular weight excluding hydrogens is 346 g/mol. The van der Waals surface area contributed by atoms with E-state index in [1.165, 1.54) is 0 Å². The lowest BCUT2D eigenvalue weighted by Gasteiger charge is -2.06. The van der Waals surface area contributed by atoms with Crippen LogP contribution in [0, 0.1) is 0 Å². The quantitative estimate of drug-likeness (QED) is 0.835. The van der Waals surface area contributed by atoms with Gasteiger partial charge in [0, 0.05) is 31.7 Å². The highest BCUT2D eigenvalue weighted by molar-refractivity contribution is 9.10. The lowest BCUT2D eigenvalue weighted by atomic mass is 10.2. The number of hydrogen-bond donors (Lipinski definition) is 1. The summed E-state index contributed by atoms with van der Waals surface area (Å²) in [7, 11) is -1.00. The molecular formula is C14H13BrClNOS. The Hall–Kier alpha value is -0.840. The summed E-state index contributed by atoms with van der Waals surface area (Å²) in [6.07, 6.45) is 0. The van der Waals surface area contributed by atoms with E-state index in [-0.39, 0.29) is 0 Å². The zero-order chi connectivity index (χ0) is 13.8. The van der Waals surface area contributed by atoms with Crippen molar-refractivity contribution in [1.29, 1.82) is 0 Å². The smallest absolute Gasteiger partial charge is 0.0503 e. The largest absolute Gasteiger partial charge is 0.398 e. The second-order valence-corrected chi connectivity index (χ2v) is 6.89. The molecule has 1 unspecified atom stereocenters. The van der Waals surface area contributed by atoms with Gasteiger partial charge in [-0.15, -0.1) is 0 Å². The van der Waals surface area contributed by atoms with Gasteiger partial charge < -0.3 is 5.73 Å². The molecule has 2 aromatic rings. The van der Waals surface area contributed by atoms with Crippen LogP contribution in [0.2, 0.25) is 5.02 Å². The van der Waals surface area contributed by atoms with Crippen molar-refractivity contribution in [2.75, 3.05) is 5.73 Å². The van der Waals surface area contributed by atoms with Gasteiger partial charge in [-0.3, -0.25) is 4.21 Å². The minimum absolute atomic E-state index is 0.454. The average molecular weight is 359 g/mol. The lowest BCUT2D eigenvalue weighted by Crippen LogP contribution is -2.01. The number of nitrogens with two attached hydrogens (primary N) is 1. The van der Waals surface area contributed by atoms with Crippen LogP contribution in [0.3, 0.4) is 0 Å². The first-order valence-corrected chi connectivity index (χ1v) is 8.34. The summed E-state index contributed by atoms with van der Waals surface area (Å²) < 4.78 is 13.0. The van der Waals surface area contributed by atoms with Crippen LogP contribution in [0.25, 0.3) is 0 Å². The maximum absolute atomic E-state index is 12.1. The normalized spacial score (nSPS) is 12.3. The predicted octanol–water partition coefficient (Wildman–Crippen LogP) is 4.13. The predicted molar refractivity (Wildman–Crippen MR) is 85.6 cm³/mol. The van der Waals surface area contributed by atoms with Crippen LogP contribution in [0.5, 0.6) is 0 Å². The highest BCUT2D eigenvalue weighted by atomic mass is 79.9. The van der Waals surface area contributed by atoms with Crippen molar-refractivity contribution in [3.63, 3.8) is 0 Å². The van der Waals surface area contributed by atoms with Crippen molar-refractivity contribution >= 4 is 44.0 Å². The van der Waals surface area contributed by atoms with Crippen LogP contribution in [0.1, 0.15) is 11.1 Å². The summed E-state index contributed by atoms with van der Waals surface area (Å²) in [5.74, 6) is 0.929. The van der Waals surface area contributed by atoms with Crippen molar-refractivity contribution in [1.82, 2.24) is 0 Å². The highest BCUT2D eigenvalue weighted by Crippen LogP contribution is 2.22. The summed E-state index contributed by atoms with van der Waals surface area (Å²) in [5.41, 5.74) is 8.34. The average Bonchev–Trinajstić information content (AvgIpc) is 2.37. The molecule has 2 nitrogen and oxygen atoms in total. The van der Waals surface area contributed by atoms with Gasteiger partial charge in [-0.25, -0.2) is 0 Å². The third-order valence-corrected chi connectivity index (χ3v) is 5.04. The molecule has 19 heavy (non-hydrogen) atoms. The lowest BCUT2D eigenvalue weighted by molar-refractivity contribution is 0.682. The number of halogens is 2. The molecule has 0 saturated heterocycles. The van der Waals surface area contributed by atoms with E-state index in [1.807, 2.05) is 42.5 Å². The van der Waals surface area contributed by atoms with Crippen molar-refractivity contribution < 1.29 is 4.21 Å². The fourth-order valence-electron chi connectivity index (χ4n) is 1.71.